The Hall–Kier alpha value is -1.09. The molecule has 0 saturated heterocycles. The van der Waals surface area contributed by atoms with Crippen LogP contribution in [0.2, 0.25) is 0 Å². The largest absolute Gasteiger partial charge is 0.357 e. The second kappa shape index (κ2) is 5.85. The Morgan fingerprint density at radius 2 is 2.12 bits per heavy atom. The maximum atomic E-state index is 4.58. The number of hydrogen-bond acceptors (Lipinski definition) is 3. The van der Waals surface area contributed by atoms with Gasteiger partial charge in [-0.05, 0) is 45.0 Å². The summed E-state index contributed by atoms with van der Waals surface area (Å²) in [4.78, 5) is 6.83. The second-order valence-corrected chi connectivity index (χ2v) is 4.37. The molecule has 1 aromatic rings. The van der Waals surface area contributed by atoms with Crippen LogP contribution in [0.4, 0.5) is 5.82 Å². The van der Waals surface area contributed by atoms with Gasteiger partial charge in [0.1, 0.15) is 5.82 Å². The number of pyridine rings is 1. The van der Waals surface area contributed by atoms with E-state index >= 15 is 0 Å². The maximum absolute atomic E-state index is 4.58. The number of hydrogen-bond donors (Lipinski definition) is 1. The Kier molecular flexibility index (Phi) is 4.74. The van der Waals surface area contributed by atoms with E-state index in [1.807, 2.05) is 14.0 Å². The Balaban J connectivity index is 2.94. The summed E-state index contributed by atoms with van der Waals surface area (Å²) in [5.74, 6) is 1.07. The number of rotatable bonds is 5. The van der Waals surface area contributed by atoms with Crippen LogP contribution in [0.25, 0.3) is 0 Å². The third kappa shape index (κ3) is 3.20. The van der Waals surface area contributed by atoms with Crippen LogP contribution >= 0.6 is 0 Å². The molecule has 1 heterocycles. The minimum Gasteiger partial charge on any atom is -0.357 e. The van der Waals surface area contributed by atoms with Crippen LogP contribution < -0.4 is 10.2 Å². The Morgan fingerprint density at radius 3 is 2.69 bits per heavy atom. The third-order valence-corrected chi connectivity index (χ3v) is 2.99. The third-order valence-electron chi connectivity index (χ3n) is 2.99. The van der Waals surface area contributed by atoms with Crippen LogP contribution in [0.3, 0.4) is 0 Å². The topological polar surface area (TPSA) is 28.2 Å². The molecule has 3 heteroatoms. The van der Waals surface area contributed by atoms with Gasteiger partial charge in [-0.2, -0.15) is 0 Å². The van der Waals surface area contributed by atoms with Crippen molar-refractivity contribution in [3.63, 3.8) is 0 Å². The summed E-state index contributed by atoms with van der Waals surface area (Å²) in [6.45, 7) is 7.37. The fraction of sp³-hybridized carbons (Fsp3) is 0.615. The zero-order chi connectivity index (χ0) is 12.1. The zero-order valence-corrected chi connectivity index (χ0v) is 11.0. The standard InChI is InChI=1S/C13H23N3/c1-6-11(3)16(5)13-8-12(9-14-4)7-10(2)15-13/h7-8,11,14H,6,9H2,1-5H3. The van der Waals surface area contributed by atoms with Crippen molar-refractivity contribution < 1.29 is 0 Å². The van der Waals surface area contributed by atoms with Gasteiger partial charge in [-0.1, -0.05) is 6.92 Å². The van der Waals surface area contributed by atoms with Crippen LogP contribution in [-0.2, 0) is 6.54 Å². The molecule has 0 fully saturated rings. The normalized spacial score (nSPS) is 12.6. The molecule has 0 spiro atoms. The van der Waals surface area contributed by atoms with Gasteiger partial charge >= 0.3 is 0 Å². The van der Waals surface area contributed by atoms with E-state index in [0.29, 0.717) is 6.04 Å². The lowest BCUT2D eigenvalue weighted by Crippen LogP contribution is -2.29. The van der Waals surface area contributed by atoms with E-state index in [1.54, 1.807) is 0 Å². The molecule has 1 atom stereocenters. The Labute approximate surface area is 98.9 Å². The highest BCUT2D eigenvalue weighted by Crippen LogP contribution is 2.17. The summed E-state index contributed by atoms with van der Waals surface area (Å²) < 4.78 is 0. The predicted molar refractivity (Wildman–Crippen MR) is 69.9 cm³/mol. The average molecular weight is 221 g/mol. The minimum atomic E-state index is 0.525. The van der Waals surface area contributed by atoms with Gasteiger partial charge in [0.15, 0.2) is 0 Å². The molecular formula is C13H23N3. The molecule has 0 bridgehead atoms. The summed E-state index contributed by atoms with van der Waals surface area (Å²) in [6.07, 6.45) is 1.13. The van der Waals surface area contributed by atoms with Crippen molar-refractivity contribution in [3.8, 4) is 0 Å². The van der Waals surface area contributed by atoms with Gasteiger partial charge in [-0.3, -0.25) is 0 Å². The van der Waals surface area contributed by atoms with Crippen LogP contribution in [0.5, 0.6) is 0 Å². The van der Waals surface area contributed by atoms with Crippen molar-refractivity contribution in [3.05, 3.63) is 23.4 Å². The van der Waals surface area contributed by atoms with Crippen molar-refractivity contribution in [1.82, 2.24) is 10.3 Å². The van der Waals surface area contributed by atoms with Crippen molar-refractivity contribution in [2.24, 2.45) is 0 Å². The molecule has 1 aromatic heterocycles. The molecule has 0 aromatic carbocycles. The van der Waals surface area contributed by atoms with Crippen LogP contribution in [0.15, 0.2) is 12.1 Å². The monoisotopic (exact) mass is 221 g/mol. The number of nitrogens with one attached hydrogen (secondary N) is 1. The van der Waals surface area contributed by atoms with Crippen molar-refractivity contribution in [2.45, 2.75) is 39.8 Å². The van der Waals surface area contributed by atoms with E-state index in [4.69, 9.17) is 0 Å². The van der Waals surface area contributed by atoms with E-state index in [-0.39, 0.29) is 0 Å². The molecule has 1 N–H and O–H groups in total. The SMILES string of the molecule is CCC(C)N(C)c1cc(CNC)cc(C)n1. The first-order valence-corrected chi connectivity index (χ1v) is 5.93. The number of aryl methyl sites for hydroxylation is 1. The quantitative estimate of drug-likeness (QED) is 0.827. The van der Waals surface area contributed by atoms with E-state index < -0.39 is 0 Å². The highest BCUT2D eigenvalue weighted by atomic mass is 15.2. The molecule has 90 valence electrons. The summed E-state index contributed by atoms with van der Waals surface area (Å²) in [6, 6.07) is 4.82. The minimum absolute atomic E-state index is 0.525. The lowest BCUT2D eigenvalue weighted by atomic mass is 10.2. The highest BCUT2D eigenvalue weighted by Gasteiger charge is 2.10. The first-order chi connectivity index (χ1) is 7.58. The second-order valence-electron chi connectivity index (χ2n) is 4.37. The van der Waals surface area contributed by atoms with Gasteiger partial charge in [0.2, 0.25) is 0 Å². The summed E-state index contributed by atoms with van der Waals surface area (Å²) in [5.41, 5.74) is 2.37. The smallest absolute Gasteiger partial charge is 0.129 e. The zero-order valence-electron chi connectivity index (χ0n) is 11.0. The summed E-state index contributed by atoms with van der Waals surface area (Å²) in [7, 11) is 4.08. The fourth-order valence-corrected chi connectivity index (χ4v) is 1.71. The number of nitrogens with zero attached hydrogens (tertiary/aromatic N) is 2. The van der Waals surface area contributed by atoms with E-state index in [0.717, 1.165) is 24.5 Å². The highest BCUT2D eigenvalue weighted by molar-refractivity contribution is 5.42. The van der Waals surface area contributed by atoms with E-state index in [2.05, 4.69) is 48.2 Å². The van der Waals surface area contributed by atoms with Crippen LogP contribution in [0.1, 0.15) is 31.5 Å². The molecule has 0 aliphatic carbocycles. The first-order valence-electron chi connectivity index (χ1n) is 5.93. The molecule has 0 aliphatic rings. The molecule has 0 saturated carbocycles. The fourth-order valence-electron chi connectivity index (χ4n) is 1.71. The van der Waals surface area contributed by atoms with E-state index in [1.165, 1.54) is 5.56 Å². The van der Waals surface area contributed by atoms with E-state index in [9.17, 15) is 0 Å². The number of anilines is 1. The van der Waals surface area contributed by atoms with Gasteiger partial charge in [-0.25, -0.2) is 4.98 Å². The summed E-state index contributed by atoms with van der Waals surface area (Å²) in [5, 5.41) is 3.17. The van der Waals surface area contributed by atoms with Gasteiger partial charge < -0.3 is 10.2 Å². The molecule has 3 nitrogen and oxygen atoms in total. The molecule has 16 heavy (non-hydrogen) atoms. The van der Waals surface area contributed by atoms with Gasteiger partial charge in [0.05, 0.1) is 0 Å². The Bertz CT molecular complexity index is 336. The van der Waals surface area contributed by atoms with Crippen LogP contribution in [-0.4, -0.2) is 25.1 Å². The maximum Gasteiger partial charge on any atom is 0.129 e. The Morgan fingerprint density at radius 1 is 1.44 bits per heavy atom. The van der Waals surface area contributed by atoms with Crippen molar-refractivity contribution >= 4 is 5.82 Å². The lowest BCUT2D eigenvalue weighted by Gasteiger charge is -2.25. The lowest BCUT2D eigenvalue weighted by molar-refractivity contribution is 0.655. The predicted octanol–water partition coefficient (Wildman–Crippen LogP) is 2.34. The number of aromatic nitrogens is 1. The van der Waals surface area contributed by atoms with Crippen molar-refractivity contribution in [2.75, 3.05) is 19.0 Å². The molecular weight excluding hydrogens is 198 g/mol. The molecule has 1 unspecified atom stereocenters. The van der Waals surface area contributed by atoms with Gasteiger partial charge in [0.25, 0.3) is 0 Å². The average Bonchev–Trinajstić information content (AvgIpc) is 2.26. The van der Waals surface area contributed by atoms with Gasteiger partial charge in [0, 0.05) is 25.3 Å². The first kappa shape index (κ1) is 13.0. The molecule has 0 amide bonds. The van der Waals surface area contributed by atoms with Crippen molar-refractivity contribution in [1.29, 1.82) is 0 Å². The molecule has 0 radical (unpaired) electrons. The molecule has 1 rings (SSSR count). The van der Waals surface area contributed by atoms with Crippen LogP contribution in [0, 0.1) is 6.92 Å². The molecule has 0 aliphatic heterocycles. The van der Waals surface area contributed by atoms with Gasteiger partial charge in [-0.15, -0.1) is 0 Å². The summed E-state index contributed by atoms with van der Waals surface area (Å²) >= 11 is 0.